The van der Waals surface area contributed by atoms with Gasteiger partial charge >= 0.3 is 0 Å². The van der Waals surface area contributed by atoms with Crippen LogP contribution in [0.1, 0.15) is 25.1 Å². The van der Waals surface area contributed by atoms with Crippen LogP contribution in [0.15, 0.2) is 71.6 Å². The van der Waals surface area contributed by atoms with Crippen molar-refractivity contribution >= 4 is 15.7 Å². The Morgan fingerprint density at radius 1 is 0.824 bits per heavy atom. The summed E-state index contributed by atoms with van der Waals surface area (Å²) in [6.07, 6.45) is 3.62. The lowest BCUT2D eigenvalue weighted by atomic mass is 10.1. The van der Waals surface area contributed by atoms with Crippen LogP contribution in [0, 0.1) is 11.6 Å². The molecule has 0 saturated carbocycles. The molecule has 0 radical (unpaired) electrons. The van der Waals surface area contributed by atoms with E-state index < -0.39 is 21.7 Å². The Balaban J connectivity index is 1.55. The van der Waals surface area contributed by atoms with E-state index in [1.54, 1.807) is 42.5 Å². The van der Waals surface area contributed by atoms with Gasteiger partial charge in [0.2, 0.25) is 0 Å². The van der Waals surface area contributed by atoms with Gasteiger partial charge in [-0.3, -0.25) is 4.72 Å². The number of benzene rings is 3. The number of anilines is 1. The second-order valence-electron chi connectivity index (χ2n) is 8.18. The molecular formula is C25H22F2N4O2S. The second kappa shape index (κ2) is 8.98. The zero-order valence-corrected chi connectivity index (χ0v) is 19.0. The van der Waals surface area contributed by atoms with Crippen molar-refractivity contribution in [1.82, 2.24) is 14.8 Å². The van der Waals surface area contributed by atoms with Gasteiger partial charge < -0.3 is 4.57 Å². The number of sulfonamides is 1. The van der Waals surface area contributed by atoms with Gasteiger partial charge in [0.05, 0.1) is 16.1 Å². The van der Waals surface area contributed by atoms with Gasteiger partial charge in [0.15, 0.2) is 5.82 Å². The zero-order valence-electron chi connectivity index (χ0n) is 18.2. The Morgan fingerprint density at radius 2 is 1.59 bits per heavy atom. The van der Waals surface area contributed by atoms with Crippen molar-refractivity contribution in [2.75, 3.05) is 4.72 Å². The van der Waals surface area contributed by atoms with Gasteiger partial charge in [-0.25, -0.2) is 17.2 Å². The Morgan fingerprint density at radius 3 is 2.41 bits per heavy atom. The molecular weight excluding hydrogens is 458 g/mol. The number of hydrogen-bond donors (Lipinski definition) is 1. The molecule has 0 bridgehead atoms. The number of aromatic nitrogens is 3. The highest BCUT2D eigenvalue weighted by Gasteiger charge is 2.24. The first-order valence-electron chi connectivity index (χ1n) is 11.0. The van der Waals surface area contributed by atoms with E-state index in [4.69, 9.17) is 0 Å². The molecule has 1 aliphatic heterocycles. The van der Waals surface area contributed by atoms with Crippen molar-refractivity contribution < 1.29 is 17.2 Å². The maximum Gasteiger partial charge on any atom is 0.262 e. The third-order valence-electron chi connectivity index (χ3n) is 5.91. The monoisotopic (exact) mass is 480 g/mol. The predicted molar refractivity (Wildman–Crippen MR) is 126 cm³/mol. The summed E-state index contributed by atoms with van der Waals surface area (Å²) < 4.78 is 60.3. The summed E-state index contributed by atoms with van der Waals surface area (Å²) >= 11 is 0. The maximum atomic E-state index is 14.8. The van der Waals surface area contributed by atoms with Crippen LogP contribution in [0.4, 0.5) is 14.5 Å². The van der Waals surface area contributed by atoms with E-state index in [2.05, 4.69) is 14.9 Å². The highest BCUT2D eigenvalue weighted by atomic mass is 32.2. The third kappa shape index (κ3) is 4.19. The maximum absolute atomic E-state index is 14.8. The summed E-state index contributed by atoms with van der Waals surface area (Å²) in [5.41, 5.74) is 0.817. The fourth-order valence-corrected chi connectivity index (χ4v) is 5.53. The molecule has 0 amide bonds. The second-order valence-corrected chi connectivity index (χ2v) is 9.83. The Bertz CT molecular complexity index is 1450. The number of halogens is 2. The molecule has 5 rings (SSSR count). The largest absolute Gasteiger partial charge is 0.311 e. The highest BCUT2D eigenvalue weighted by molar-refractivity contribution is 7.92. The fraction of sp³-hybridized carbons (Fsp3) is 0.200. The van der Waals surface area contributed by atoms with E-state index >= 15 is 0 Å². The lowest BCUT2D eigenvalue weighted by Crippen LogP contribution is -2.15. The van der Waals surface area contributed by atoms with Crippen LogP contribution >= 0.6 is 0 Å². The van der Waals surface area contributed by atoms with Crippen molar-refractivity contribution in [3.8, 4) is 22.5 Å². The quantitative estimate of drug-likeness (QED) is 0.414. The molecule has 0 spiro atoms. The molecule has 0 aliphatic carbocycles. The number of hydrogen-bond acceptors (Lipinski definition) is 4. The minimum absolute atomic E-state index is 0.00362. The molecule has 174 valence electrons. The van der Waals surface area contributed by atoms with Gasteiger partial charge in [-0.15, -0.1) is 10.2 Å². The van der Waals surface area contributed by atoms with Gasteiger partial charge in [-0.05, 0) is 30.5 Å². The number of aryl methyl sites for hydroxylation is 1. The minimum atomic E-state index is -4.19. The first-order valence-corrected chi connectivity index (χ1v) is 12.5. The molecule has 3 aromatic carbocycles. The Labute approximate surface area is 196 Å². The molecule has 0 atom stereocenters. The summed E-state index contributed by atoms with van der Waals surface area (Å²) in [7, 11) is -4.19. The third-order valence-corrected chi connectivity index (χ3v) is 7.34. The molecule has 6 nitrogen and oxygen atoms in total. The van der Waals surface area contributed by atoms with E-state index in [0.717, 1.165) is 37.6 Å². The summed E-state index contributed by atoms with van der Waals surface area (Å²) in [6.45, 7) is 0.625. The standard InChI is InChI=1S/C25H22F2N4O2S/c26-20-16-21(27)22(15-19(20)25-29-28-24-13-5-2-8-14-31(24)25)30-34(32,33)23-12-7-6-11-18(23)17-9-3-1-4-10-17/h1,3-4,6-7,9-12,15-16,30H,2,5,8,13-14H2. The van der Waals surface area contributed by atoms with Crippen LogP contribution in [-0.2, 0) is 23.0 Å². The summed E-state index contributed by atoms with van der Waals surface area (Å²) in [5, 5.41) is 8.29. The van der Waals surface area contributed by atoms with Gasteiger partial charge in [0, 0.05) is 24.6 Å². The van der Waals surface area contributed by atoms with Crippen molar-refractivity contribution in [2.24, 2.45) is 0 Å². The molecule has 0 fully saturated rings. The number of fused-ring (bicyclic) bond motifs is 1. The van der Waals surface area contributed by atoms with Crippen LogP contribution in [0.5, 0.6) is 0 Å². The number of nitrogens with one attached hydrogen (secondary N) is 1. The van der Waals surface area contributed by atoms with Gasteiger partial charge in [-0.2, -0.15) is 0 Å². The van der Waals surface area contributed by atoms with Crippen LogP contribution < -0.4 is 4.72 Å². The molecule has 1 aliphatic rings. The predicted octanol–water partition coefficient (Wildman–Crippen LogP) is 5.42. The summed E-state index contributed by atoms with van der Waals surface area (Å²) in [6, 6.07) is 17.3. The van der Waals surface area contributed by atoms with Crippen LogP contribution in [0.2, 0.25) is 0 Å². The number of rotatable bonds is 5. The lowest BCUT2D eigenvalue weighted by Gasteiger charge is -2.15. The molecule has 34 heavy (non-hydrogen) atoms. The SMILES string of the molecule is O=S(=O)(Nc1cc(-c2nnc3n2CCCCC3)c(F)cc1F)c1ccccc1-c1ccccc1. The van der Waals surface area contributed by atoms with Gasteiger partial charge in [0.25, 0.3) is 10.0 Å². The minimum Gasteiger partial charge on any atom is -0.311 e. The Kier molecular flexibility index (Phi) is 5.87. The van der Waals surface area contributed by atoms with E-state index in [9.17, 15) is 17.2 Å². The first-order chi connectivity index (χ1) is 16.4. The van der Waals surface area contributed by atoms with Crippen molar-refractivity contribution in [1.29, 1.82) is 0 Å². The molecule has 4 aromatic rings. The van der Waals surface area contributed by atoms with E-state index in [1.165, 1.54) is 6.07 Å². The van der Waals surface area contributed by atoms with Gasteiger partial charge in [-0.1, -0.05) is 55.0 Å². The summed E-state index contributed by atoms with van der Waals surface area (Å²) in [5.74, 6) is -0.836. The molecule has 0 saturated heterocycles. The smallest absolute Gasteiger partial charge is 0.262 e. The molecule has 1 aromatic heterocycles. The van der Waals surface area contributed by atoms with Crippen molar-refractivity contribution in [3.05, 3.63) is 84.2 Å². The average molecular weight is 481 g/mol. The van der Waals surface area contributed by atoms with Crippen LogP contribution in [0.25, 0.3) is 22.5 Å². The van der Waals surface area contributed by atoms with Crippen LogP contribution in [0.3, 0.4) is 0 Å². The molecule has 1 N–H and O–H groups in total. The molecule has 9 heteroatoms. The van der Waals surface area contributed by atoms with Crippen LogP contribution in [-0.4, -0.2) is 23.2 Å². The Hall–Kier alpha value is -3.59. The normalized spacial score (nSPS) is 13.8. The lowest BCUT2D eigenvalue weighted by molar-refractivity contribution is 0.581. The molecule has 2 heterocycles. The van der Waals surface area contributed by atoms with Crippen molar-refractivity contribution in [2.45, 2.75) is 37.1 Å². The highest BCUT2D eigenvalue weighted by Crippen LogP contribution is 2.32. The zero-order chi connectivity index (χ0) is 23.7. The molecule has 0 unspecified atom stereocenters. The van der Waals surface area contributed by atoms with E-state index in [1.807, 2.05) is 10.6 Å². The average Bonchev–Trinajstić information content (AvgIpc) is 3.08. The fourth-order valence-electron chi connectivity index (χ4n) is 4.24. The van der Waals surface area contributed by atoms with Crippen molar-refractivity contribution in [3.63, 3.8) is 0 Å². The van der Waals surface area contributed by atoms with E-state index in [0.29, 0.717) is 23.7 Å². The topological polar surface area (TPSA) is 76.9 Å². The van der Waals surface area contributed by atoms with Gasteiger partial charge in [0.1, 0.15) is 17.5 Å². The number of nitrogens with zero attached hydrogens (tertiary/aromatic N) is 3. The summed E-state index contributed by atoms with van der Waals surface area (Å²) in [4.78, 5) is -0.0113. The van der Waals surface area contributed by atoms with E-state index in [-0.39, 0.29) is 22.0 Å². The first kappa shape index (κ1) is 22.2.